The van der Waals surface area contributed by atoms with Gasteiger partial charge in [-0.25, -0.2) is 10.9 Å². The van der Waals surface area contributed by atoms with Gasteiger partial charge in [0.25, 0.3) is 0 Å². The van der Waals surface area contributed by atoms with Crippen LogP contribution in [0, 0.1) is 11.8 Å². The molecule has 0 unspecified atom stereocenters. The number of esters is 1. The van der Waals surface area contributed by atoms with Gasteiger partial charge in [-0.15, -0.1) is 0 Å². The number of nitrogens with zero attached hydrogens (tertiary/aromatic N) is 1. The summed E-state index contributed by atoms with van der Waals surface area (Å²) in [5.74, 6) is 3.91. The number of carbonyl (C=O) groups is 3. The molecule has 1 saturated carbocycles. The SMILES string of the molecule is COC(=O)C1CCC(C(=O)N(N)C(C)=O)CC1. The van der Waals surface area contributed by atoms with Gasteiger partial charge in [-0.3, -0.25) is 14.4 Å². The lowest BCUT2D eigenvalue weighted by Crippen LogP contribution is -2.45. The number of nitrogens with two attached hydrogens (primary N) is 1. The molecule has 0 heterocycles. The van der Waals surface area contributed by atoms with Crippen molar-refractivity contribution in [1.82, 2.24) is 5.01 Å². The topological polar surface area (TPSA) is 89.7 Å². The van der Waals surface area contributed by atoms with Crippen molar-refractivity contribution in [2.45, 2.75) is 32.6 Å². The van der Waals surface area contributed by atoms with Gasteiger partial charge in [0.15, 0.2) is 0 Å². The van der Waals surface area contributed by atoms with Crippen molar-refractivity contribution in [3.63, 3.8) is 0 Å². The lowest BCUT2D eigenvalue weighted by Gasteiger charge is -2.27. The molecule has 0 radical (unpaired) electrons. The molecule has 1 aliphatic rings. The Morgan fingerprint density at radius 3 is 2.00 bits per heavy atom. The minimum atomic E-state index is -0.468. The van der Waals surface area contributed by atoms with Crippen molar-refractivity contribution in [3.8, 4) is 0 Å². The van der Waals surface area contributed by atoms with Gasteiger partial charge < -0.3 is 4.74 Å². The minimum absolute atomic E-state index is 0.132. The molecular weight excluding hydrogens is 224 g/mol. The summed E-state index contributed by atoms with van der Waals surface area (Å²) in [5, 5.41) is 0.656. The Morgan fingerprint density at radius 2 is 1.59 bits per heavy atom. The molecule has 0 bridgehead atoms. The number of rotatable bonds is 2. The molecule has 1 rings (SSSR count). The summed E-state index contributed by atoms with van der Waals surface area (Å²) in [4.78, 5) is 34.0. The average molecular weight is 242 g/mol. The number of ether oxygens (including phenoxy) is 1. The van der Waals surface area contributed by atoms with Gasteiger partial charge in [0.05, 0.1) is 13.0 Å². The average Bonchev–Trinajstić information content (AvgIpc) is 2.36. The first-order chi connectivity index (χ1) is 7.97. The Labute approximate surface area is 100 Å². The van der Waals surface area contributed by atoms with Crippen LogP contribution in [0.1, 0.15) is 32.6 Å². The quantitative estimate of drug-likeness (QED) is 0.323. The Kier molecular flexibility index (Phi) is 4.62. The van der Waals surface area contributed by atoms with E-state index in [0.29, 0.717) is 30.7 Å². The first-order valence-corrected chi connectivity index (χ1v) is 5.64. The largest absolute Gasteiger partial charge is 0.469 e. The first-order valence-electron chi connectivity index (χ1n) is 5.64. The van der Waals surface area contributed by atoms with Gasteiger partial charge in [0.1, 0.15) is 0 Å². The van der Waals surface area contributed by atoms with Crippen LogP contribution >= 0.6 is 0 Å². The van der Waals surface area contributed by atoms with Crippen LogP contribution in [0.5, 0.6) is 0 Å². The van der Waals surface area contributed by atoms with E-state index in [1.807, 2.05) is 0 Å². The monoisotopic (exact) mass is 242 g/mol. The molecule has 0 spiro atoms. The zero-order valence-corrected chi connectivity index (χ0v) is 10.1. The van der Waals surface area contributed by atoms with Crippen molar-refractivity contribution in [2.24, 2.45) is 17.7 Å². The summed E-state index contributed by atoms with van der Waals surface area (Å²) in [6, 6.07) is 0. The van der Waals surface area contributed by atoms with Gasteiger partial charge in [0, 0.05) is 12.8 Å². The van der Waals surface area contributed by atoms with E-state index in [9.17, 15) is 14.4 Å². The Balaban J connectivity index is 2.49. The van der Waals surface area contributed by atoms with Crippen LogP contribution < -0.4 is 5.84 Å². The van der Waals surface area contributed by atoms with E-state index in [1.54, 1.807) is 0 Å². The van der Waals surface area contributed by atoms with Gasteiger partial charge in [0.2, 0.25) is 11.8 Å². The van der Waals surface area contributed by atoms with Gasteiger partial charge in [-0.1, -0.05) is 0 Å². The third-order valence-electron chi connectivity index (χ3n) is 3.19. The number of methoxy groups -OCH3 is 1. The number of imide groups is 1. The van der Waals surface area contributed by atoms with E-state index in [4.69, 9.17) is 5.84 Å². The molecule has 0 aromatic carbocycles. The molecule has 1 fully saturated rings. The van der Waals surface area contributed by atoms with Crippen LogP contribution in [0.15, 0.2) is 0 Å². The summed E-state index contributed by atoms with van der Waals surface area (Å²) in [5.41, 5.74) is 0. The standard InChI is InChI=1S/C11H18N2O4/c1-7(14)13(12)10(15)8-3-5-9(6-4-8)11(16)17-2/h8-9H,3-6,12H2,1-2H3. The Bertz CT molecular complexity index is 321. The maximum Gasteiger partial charge on any atom is 0.308 e. The number of hydrogen-bond acceptors (Lipinski definition) is 5. The minimum Gasteiger partial charge on any atom is -0.469 e. The molecule has 6 nitrogen and oxygen atoms in total. The summed E-state index contributed by atoms with van der Waals surface area (Å²) in [6.07, 6.45) is 2.35. The van der Waals surface area contributed by atoms with Gasteiger partial charge in [-0.2, -0.15) is 0 Å². The molecule has 2 amide bonds. The van der Waals surface area contributed by atoms with Crippen LogP contribution in [0.25, 0.3) is 0 Å². The van der Waals surface area contributed by atoms with Crippen molar-refractivity contribution >= 4 is 17.8 Å². The summed E-state index contributed by atoms with van der Waals surface area (Å²) >= 11 is 0. The van der Waals surface area contributed by atoms with E-state index < -0.39 is 5.91 Å². The van der Waals surface area contributed by atoms with E-state index in [-0.39, 0.29) is 23.7 Å². The fourth-order valence-corrected chi connectivity index (χ4v) is 2.09. The maximum absolute atomic E-state index is 11.7. The summed E-state index contributed by atoms with van der Waals surface area (Å²) in [6.45, 7) is 1.25. The highest BCUT2D eigenvalue weighted by Gasteiger charge is 2.32. The molecule has 0 aromatic heterocycles. The van der Waals surface area contributed by atoms with E-state index in [0.717, 1.165) is 0 Å². The summed E-state index contributed by atoms with van der Waals surface area (Å²) in [7, 11) is 1.36. The molecule has 0 atom stereocenters. The number of hydrazine groups is 1. The molecule has 6 heteroatoms. The number of carbonyl (C=O) groups excluding carboxylic acids is 3. The van der Waals surface area contributed by atoms with Crippen molar-refractivity contribution in [3.05, 3.63) is 0 Å². The fraction of sp³-hybridized carbons (Fsp3) is 0.727. The highest BCUT2D eigenvalue weighted by atomic mass is 16.5. The van der Waals surface area contributed by atoms with Crippen LogP contribution in [0.4, 0.5) is 0 Å². The highest BCUT2D eigenvalue weighted by molar-refractivity contribution is 5.94. The predicted octanol–water partition coefficient (Wildman–Crippen LogP) is 0.215. The third kappa shape index (κ3) is 3.26. The number of amides is 2. The van der Waals surface area contributed by atoms with Crippen LogP contribution in [-0.2, 0) is 19.1 Å². The molecular formula is C11H18N2O4. The first kappa shape index (κ1) is 13.6. The van der Waals surface area contributed by atoms with E-state index in [1.165, 1.54) is 14.0 Å². The maximum atomic E-state index is 11.7. The van der Waals surface area contributed by atoms with Crippen molar-refractivity contribution in [2.75, 3.05) is 7.11 Å². The fourth-order valence-electron chi connectivity index (χ4n) is 2.09. The Hall–Kier alpha value is -1.43. The molecule has 0 aliphatic heterocycles. The molecule has 0 saturated heterocycles. The highest BCUT2D eigenvalue weighted by Crippen LogP contribution is 2.30. The van der Waals surface area contributed by atoms with Crippen molar-refractivity contribution in [1.29, 1.82) is 0 Å². The third-order valence-corrected chi connectivity index (χ3v) is 3.19. The van der Waals surface area contributed by atoms with Crippen molar-refractivity contribution < 1.29 is 19.1 Å². The smallest absolute Gasteiger partial charge is 0.308 e. The van der Waals surface area contributed by atoms with Gasteiger partial charge >= 0.3 is 5.97 Å². The zero-order chi connectivity index (χ0) is 13.0. The lowest BCUT2D eigenvalue weighted by atomic mass is 9.81. The van der Waals surface area contributed by atoms with Crippen LogP contribution in [-0.4, -0.2) is 29.9 Å². The second-order valence-corrected chi connectivity index (χ2v) is 4.30. The lowest BCUT2D eigenvalue weighted by molar-refractivity contribution is -0.151. The predicted molar refractivity (Wildman–Crippen MR) is 59.2 cm³/mol. The normalized spacial score (nSPS) is 23.9. The molecule has 0 aromatic rings. The second-order valence-electron chi connectivity index (χ2n) is 4.30. The number of hydrogen-bond donors (Lipinski definition) is 1. The molecule has 96 valence electrons. The van der Waals surface area contributed by atoms with Gasteiger partial charge in [-0.05, 0) is 25.7 Å². The molecule has 1 aliphatic carbocycles. The van der Waals surface area contributed by atoms with Crippen LogP contribution in [0.2, 0.25) is 0 Å². The van der Waals surface area contributed by atoms with Crippen LogP contribution in [0.3, 0.4) is 0 Å². The second kappa shape index (κ2) is 5.77. The van der Waals surface area contributed by atoms with E-state index in [2.05, 4.69) is 4.74 Å². The molecule has 2 N–H and O–H groups in total. The Morgan fingerprint density at radius 1 is 1.12 bits per heavy atom. The van der Waals surface area contributed by atoms with E-state index >= 15 is 0 Å². The zero-order valence-electron chi connectivity index (χ0n) is 10.1. The summed E-state index contributed by atoms with van der Waals surface area (Å²) < 4.78 is 4.66. The molecule has 17 heavy (non-hydrogen) atoms.